The summed E-state index contributed by atoms with van der Waals surface area (Å²) in [4.78, 5) is 10.5. The van der Waals surface area contributed by atoms with Crippen molar-refractivity contribution >= 4 is 5.97 Å². The van der Waals surface area contributed by atoms with Gasteiger partial charge in [-0.05, 0) is 73.1 Å². The van der Waals surface area contributed by atoms with E-state index in [1.807, 2.05) is 6.92 Å². The number of carboxylic acids is 1. The summed E-state index contributed by atoms with van der Waals surface area (Å²) in [5.41, 5.74) is 5.16. The fourth-order valence-electron chi connectivity index (χ4n) is 2.17. The number of hydrogen-bond acceptors (Lipinski definition) is 1. The summed E-state index contributed by atoms with van der Waals surface area (Å²) >= 11 is 0. The van der Waals surface area contributed by atoms with Crippen LogP contribution in [0.1, 0.15) is 73.1 Å². The quantitative estimate of drug-likeness (QED) is 0.384. The third kappa shape index (κ3) is 13.4. The maximum atomic E-state index is 10.5. The van der Waals surface area contributed by atoms with Gasteiger partial charge in [0.1, 0.15) is 0 Å². The lowest BCUT2D eigenvalue weighted by Crippen LogP contribution is -1.89. The number of carbonyl (C=O) groups is 1. The lowest BCUT2D eigenvalue weighted by Gasteiger charge is -2.02. The minimum atomic E-state index is -0.855. The second-order valence-corrected chi connectivity index (χ2v) is 6.33. The van der Waals surface area contributed by atoms with Crippen LogP contribution in [-0.2, 0) is 4.79 Å². The maximum Gasteiger partial charge on any atom is 0.328 e. The van der Waals surface area contributed by atoms with E-state index in [-0.39, 0.29) is 0 Å². The van der Waals surface area contributed by atoms with Crippen LogP contribution in [0.15, 0.2) is 46.6 Å². The van der Waals surface area contributed by atoms with Gasteiger partial charge >= 0.3 is 5.97 Å². The number of hydrogen-bond donors (Lipinski definition) is 1. The molecule has 0 aliphatic carbocycles. The summed E-state index contributed by atoms with van der Waals surface area (Å²) in [5, 5.41) is 8.65. The largest absolute Gasteiger partial charge is 0.478 e. The van der Waals surface area contributed by atoms with Crippen LogP contribution in [-0.4, -0.2) is 11.1 Å². The molecule has 1 N–H and O–H groups in total. The van der Waals surface area contributed by atoms with Crippen molar-refractivity contribution in [1.82, 2.24) is 0 Å². The topological polar surface area (TPSA) is 37.3 Å². The molecule has 0 amide bonds. The van der Waals surface area contributed by atoms with Gasteiger partial charge in [-0.15, -0.1) is 0 Å². The van der Waals surface area contributed by atoms with Crippen molar-refractivity contribution in [2.24, 2.45) is 0 Å². The van der Waals surface area contributed by atoms with Crippen LogP contribution in [0.4, 0.5) is 0 Å². The van der Waals surface area contributed by atoms with Crippen LogP contribution in [0.3, 0.4) is 0 Å². The van der Waals surface area contributed by atoms with Gasteiger partial charge in [0.2, 0.25) is 0 Å². The summed E-state index contributed by atoms with van der Waals surface area (Å²) in [6, 6.07) is 0. The van der Waals surface area contributed by atoms with Crippen molar-refractivity contribution in [1.29, 1.82) is 0 Å². The van der Waals surface area contributed by atoms with Crippen molar-refractivity contribution in [2.45, 2.75) is 73.1 Å². The molecule has 0 aliphatic rings. The van der Waals surface area contributed by atoms with Crippen LogP contribution >= 0.6 is 0 Å². The lowest BCUT2D eigenvalue weighted by atomic mass is 10.0. The molecule has 124 valence electrons. The van der Waals surface area contributed by atoms with Crippen molar-refractivity contribution in [3.8, 4) is 0 Å². The molecule has 2 heteroatoms. The van der Waals surface area contributed by atoms with Gasteiger partial charge in [-0.1, -0.05) is 40.5 Å². The smallest absolute Gasteiger partial charge is 0.328 e. The first-order valence-corrected chi connectivity index (χ1v) is 8.16. The number of rotatable bonds is 10. The van der Waals surface area contributed by atoms with E-state index in [1.165, 1.54) is 22.8 Å². The highest BCUT2D eigenvalue weighted by atomic mass is 16.4. The first-order valence-electron chi connectivity index (χ1n) is 8.16. The fraction of sp³-hybridized carbons (Fsp3) is 0.550. The zero-order valence-corrected chi connectivity index (χ0v) is 14.9. The SMILES string of the molecule is CC(C)=CCC/C(C)=C/CC/C(C)=C/CCC(C)=CC(=O)O. The molecular formula is C20H32O2. The summed E-state index contributed by atoms with van der Waals surface area (Å²) in [6.07, 6.45) is 14.3. The van der Waals surface area contributed by atoms with Crippen molar-refractivity contribution < 1.29 is 9.90 Å². The minimum absolute atomic E-state index is 0.821. The normalized spacial score (nSPS) is 13.2. The van der Waals surface area contributed by atoms with Crippen LogP contribution < -0.4 is 0 Å². The second-order valence-electron chi connectivity index (χ2n) is 6.33. The Morgan fingerprint density at radius 1 is 0.727 bits per heavy atom. The van der Waals surface area contributed by atoms with E-state index in [0.717, 1.165) is 44.1 Å². The number of aliphatic carboxylic acids is 1. The summed E-state index contributed by atoms with van der Waals surface area (Å²) in [6.45, 7) is 10.5. The Hall–Kier alpha value is -1.57. The van der Waals surface area contributed by atoms with E-state index in [9.17, 15) is 4.79 Å². The average molecular weight is 304 g/mol. The molecule has 22 heavy (non-hydrogen) atoms. The van der Waals surface area contributed by atoms with Crippen LogP contribution in [0.5, 0.6) is 0 Å². The molecule has 0 heterocycles. The molecule has 0 rings (SSSR count). The van der Waals surface area contributed by atoms with Gasteiger partial charge in [-0.2, -0.15) is 0 Å². The summed E-state index contributed by atoms with van der Waals surface area (Å²) < 4.78 is 0. The average Bonchev–Trinajstić information content (AvgIpc) is 2.37. The van der Waals surface area contributed by atoms with Crippen molar-refractivity contribution in [3.63, 3.8) is 0 Å². The molecule has 2 nitrogen and oxygen atoms in total. The van der Waals surface area contributed by atoms with E-state index >= 15 is 0 Å². The highest BCUT2D eigenvalue weighted by molar-refractivity contribution is 5.80. The van der Waals surface area contributed by atoms with Gasteiger partial charge in [0.25, 0.3) is 0 Å². The molecule has 0 aromatic rings. The molecule has 0 bridgehead atoms. The Morgan fingerprint density at radius 2 is 1.14 bits per heavy atom. The van der Waals surface area contributed by atoms with Crippen molar-refractivity contribution in [2.75, 3.05) is 0 Å². The van der Waals surface area contributed by atoms with Crippen LogP contribution in [0, 0.1) is 0 Å². The van der Waals surface area contributed by atoms with Crippen molar-refractivity contribution in [3.05, 3.63) is 46.6 Å². The van der Waals surface area contributed by atoms with Gasteiger partial charge in [0.05, 0.1) is 0 Å². The summed E-state index contributed by atoms with van der Waals surface area (Å²) in [5.74, 6) is -0.855. The second kappa shape index (κ2) is 12.0. The van der Waals surface area contributed by atoms with E-state index in [0.29, 0.717) is 0 Å². The molecule has 0 aliphatic heterocycles. The standard InChI is InChI=1S/C20H32O2/c1-16(2)9-6-10-17(3)11-7-12-18(4)13-8-14-19(5)15-20(21)22/h9,11,13,15H,6-8,10,12,14H2,1-5H3,(H,21,22)/b17-11+,18-13+,19-15?. The van der Waals surface area contributed by atoms with Crippen LogP contribution in [0.25, 0.3) is 0 Å². The predicted molar refractivity (Wildman–Crippen MR) is 96.0 cm³/mol. The van der Waals surface area contributed by atoms with Gasteiger partial charge in [0.15, 0.2) is 0 Å². The zero-order valence-electron chi connectivity index (χ0n) is 14.9. The molecule has 0 saturated carbocycles. The van der Waals surface area contributed by atoms with E-state index in [4.69, 9.17) is 5.11 Å². The Morgan fingerprint density at radius 3 is 1.55 bits per heavy atom. The molecule has 0 unspecified atom stereocenters. The monoisotopic (exact) mass is 304 g/mol. The lowest BCUT2D eigenvalue weighted by molar-refractivity contribution is -0.131. The minimum Gasteiger partial charge on any atom is -0.478 e. The van der Waals surface area contributed by atoms with Gasteiger partial charge in [0, 0.05) is 6.08 Å². The molecule has 0 fully saturated rings. The highest BCUT2D eigenvalue weighted by Gasteiger charge is 1.95. The molecule has 0 aromatic heterocycles. The Bertz CT molecular complexity index is 458. The van der Waals surface area contributed by atoms with E-state index < -0.39 is 5.97 Å². The summed E-state index contributed by atoms with van der Waals surface area (Å²) in [7, 11) is 0. The molecule has 0 atom stereocenters. The molecule has 0 aromatic carbocycles. The molecule has 0 radical (unpaired) electrons. The third-order valence-electron chi connectivity index (χ3n) is 3.52. The van der Waals surface area contributed by atoms with E-state index in [1.54, 1.807) is 0 Å². The highest BCUT2D eigenvalue weighted by Crippen LogP contribution is 2.13. The first-order chi connectivity index (χ1) is 10.3. The molecule has 0 spiro atoms. The maximum absolute atomic E-state index is 10.5. The van der Waals surface area contributed by atoms with Gasteiger partial charge in [-0.3, -0.25) is 0 Å². The third-order valence-corrected chi connectivity index (χ3v) is 3.52. The van der Waals surface area contributed by atoms with Gasteiger partial charge < -0.3 is 5.11 Å². The molecular weight excluding hydrogens is 272 g/mol. The Kier molecular flexibility index (Phi) is 11.2. The predicted octanol–water partition coefficient (Wildman–Crippen LogP) is 6.22. The molecule has 0 saturated heterocycles. The number of allylic oxidation sites excluding steroid dienone is 7. The zero-order chi connectivity index (χ0) is 17.0. The number of carboxylic acid groups (broad SMARTS) is 1. The Labute approximate surface area is 136 Å². The fourth-order valence-corrected chi connectivity index (χ4v) is 2.17. The van der Waals surface area contributed by atoms with Crippen LogP contribution in [0.2, 0.25) is 0 Å². The first kappa shape index (κ1) is 20.4. The van der Waals surface area contributed by atoms with E-state index in [2.05, 4.69) is 45.9 Å². The van der Waals surface area contributed by atoms with Gasteiger partial charge in [-0.25, -0.2) is 4.79 Å². The Balaban J connectivity index is 4.01.